The standard InChI is InChI=1S/C9H14O2/c1-3-4-7-5-8(10)9(6-7)11-2/h6-7H,3-5H2,1-2H3/t7-/m0/s1. The summed E-state index contributed by atoms with van der Waals surface area (Å²) in [5, 5.41) is 0. The van der Waals surface area contributed by atoms with Gasteiger partial charge in [0.25, 0.3) is 0 Å². The molecule has 0 aromatic carbocycles. The molecule has 0 bridgehead atoms. The number of ketones is 1. The minimum atomic E-state index is 0.158. The molecule has 0 spiro atoms. The summed E-state index contributed by atoms with van der Waals surface area (Å²) in [6, 6.07) is 0. The summed E-state index contributed by atoms with van der Waals surface area (Å²) in [5.74, 6) is 1.15. The Morgan fingerprint density at radius 1 is 1.73 bits per heavy atom. The van der Waals surface area contributed by atoms with Gasteiger partial charge in [-0.2, -0.15) is 0 Å². The van der Waals surface area contributed by atoms with E-state index in [1.165, 1.54) is 0 Å². The number of rotatable bonds is 3. The van der Waals surface area contributed by atoms with E-state index < -0.39 is 0 Å². The Bertz CT molecular complexity index is 182. The molecule has 0 fully saturated rings. The SMILES string of the molecule is CCC[C@@H]1C=C(OC)C(=O)C1. The monoisotopic (exact) mass is 154 g/mol. The first-order valence-electron chi connectivity index (χ1n) is 4.07. The largest absolute Gasteiger partial charge is 0.493 e. The van der Waals surface area contributed by atoms with E-state index in [-0.39, 0.29) is 5.78 Å². The molecule has 0 aromatic rings. The predicted octanol–water partition coefficient (Wildman–Crippen LogP) is 1.91. The first kappa shape index (κ1) is 8.31. The molecule has 0 saturated heterocycles. The molecule has 11 heavy (non-hydrogen) atoms. The Balaban J connectivity index is 2.52. The number of carbonyl (C=O) groups is 1. The van der Waals surface area contributed by atoms with Gasteiger partial charge in [-0.25, -0.2) is 0 Å². The van der Waals surface area contributed by atoms with Gasteiger partial charge in [0.2, 0.25) is 0 Å². The minimum Gasteiger partial charge on any atom is -0.493 e. The summed E-state index contributed by atoms with van der Waals surface area (Å²) >= 11 is 0. The van der Waals surface area contributed by atoms with Crippen molar-refractivity contribution in [1.82, 2.24) is 0 Å². The van der Waals surface area contributed by atoms with Crippen LogP contribution in [0.3, 0.4) is 0 Å². The minimum absolute atomic E-state index is 0.158. The van der Waals surface area contributed by atoms with Crippen LogP contribution in [-0.2, 0) is 9.53 Å². The van der Waals surface area contributed by atoms with Crippen molar-refractivity contribution in [2.75, 3.05) is 7.11 Å². The zero-order chi connectivity index (χ0) is 8.27. The van der Waals surface area contributed by atoms with Gasteiger partial charge in [0.1, 0.15) is 0 Å². The summed E-state index contributed by atoms with van der Waals surface area (Å²) in [5.41, 5.74) is 0. The van der Waals surface area contributed by atoms with Gasteiger partial charge in [-0.1, -0.05) is 13.3 Å². The third-order valence-corrected chi connectivity index (χ3v) is 1.99. The molecule has 0 radical (unpaired) electrons. The average Bonchev–Trinajstić information content (AvgIpc) is 2.32. The molecule has 0 unspecified atom stereocenters. The van der Waals surface area contributed by atoms with E-state index in [0.717, 1.165) is 12.8 Å². The molecule has 1 rings (SSSR count). The van der Waals surface area contributed by atoms with E-state index in [0.29, 0.717) is 18.1 Å². The van der Waals surface area contributed by atoms with Crippen molar-refractivity contribution in [3.05, 3.63) is 11.8 Å². The maximum absolute atomic E-state index is 11.1. The fourth-order valence-corrected chi connectivity index (χ4v) is 1.44. The van der Waals surface area contributed by atoms with Gasteiger partial charge in [-0.15, -0.1) is 0 Å². The van der Waals surface area contributed by atoms with Crippen LogP contribution < -0.4 is 0 Å². The summed E-state index contributed by atoms with van der Waals surface area (Å²) < 4.78 is 4.91. The fourth-order valence-electron chi connectivity index (χ4n) is 1.44. The topological polar surface area (TPSA) is 26.3 Å². The lowest BCUT2D eigenvalue weighted by Crippen LogP contribution is -1.99. The molecule has 62 valence electrons. The average molecular weight is 154 g/mol. The van der Waals surface area contributed by atoms with Crippen molar-refractivity contribution in [3.8, 4) is 0 Å². The molecule has 0 amide bonds. The van der Waals surface area contributed by atoms with Gasteiger partial charge >= 0.3 is 0 Å². The highest BCUT2D eigenvalue weighted by Crippen LogP contribution is 2.24. The molecule has 0 N–H and O–H groups in total. The van der Waals surface area contributed by atoms with Crippen molar-refractivity contribution >= 4 is 5.78 Å². The second kappa shape index (κ2) is 3.56. The highest BCUT2D eigenvalue weighted by atomic mass is 16.5. The number of Topliss-reactive ketones (excluding diaryl/α,β-unsaturated/α-hetero) is 1. The first-order chi connectivity index (χ1) is 5.27. The highest BCUT2D eigenvalue weighted by molar-refractivity contribution is 5.96. The normalized spacial score (nSPS) is 23.6. The summed E-state index contributed by atoms with van der Waals surface area (Å²) in [6.07, 6.45) is 4.83. The number of methoxy groups -OCH3 is 1. The molecule has 2 nitrogen and oxygen atoms in total. The molecule has 0 saturated carbocycles. The van der Waals surface area contributed by atoms with Crippen molar-refractivity contribution in [1.29, 1.82) is 0 Å². The van der Waals surface area contributed by atoms with E-state index in [1.54, 1.807) is 7.11 Å². The van der Waals surface area contributed by atoms with Gasteiger partial charge in [-0.3, -0.25) is 4.79 Å². The predicted molar refractivity (Wildman–Crippen MR) is 43.1 cm³/mol. The van der Waals surface area contributed by atoms with E-state index in [4.69, 9.17) is 4.74 Å². The molecule has 1 atom stereocenters. The van der Waals surface area contributed by atoms with Gasteiger partial charge < -0.3 is 4.74 Å². The van der Waals surface area contributed by atoms with Crippen molar-refractivity contribution in [3.63, 3.8) is 0 Å². The first-order valence-corrected chi connectivity index (χ1v) is 4.07. The van der Waals surface area contributed by atoms with Crippen LogP contribution in [0.1, 0.15) is 26.2 Å². The maximum Gasteiger partial charge on any atom is 0.197 e. The molecule has 0 aromatic heterocycles. The Hall–Kier alpha value is -0.790. The van der Waals surface area contributed by atoms with Crippen LogP contribution in [0.15, 0.2) is 11.8 Å². The molecular weight excluding hydrogens is 140 g/mol. The smallest absolute Gasteiger partial charge is 0.197 e. The van der Waals surface area contributed by atoms with Crippen molar-refractivity contribution in [2.45, 2.75) is 26.2 Å². The Morgan fingerprint density at radius 3 is 2.91 bits per heavy atom. The fraction of sp³-hybridized carbons (Fsp3) is 0.667. The lowest BCUT2D eigenvalue weighted by molar-refractivity contribution is -0.117. The lowest BCUT2D eigenvalue weighted by Gasteiger charge is -1.99. The number of ether oxygens (including phenoxy) is 1. The Kier molecular flexibility index (Phi) is 2.69. The van der Waals surface area contributed by atoms with Gasteiger partial charge in [0.15, 0.2) is 11.5 Å². The Labute approximate surface area is 67.2 Å². The highest BCUT2D eigenvalue weighted by Gasteiger charge is 2.23. The van der Waals surface area contributed by atoms with Crippen LogP contribution in [0.25, 0.3) is 0 Å². The zero-order valence-electron chi connectivity index (χ0n) is 7.09. The molecular formula is C9H14O2. The third-order valence-electron chi connectivity index (χ3n) is 1.99. The van der Waals surface area contributed by atoms with Gasteiger partial charge in [0, 0.05) is 6.42 Å². The van der Waals surface area contributed by atoms with Crippen LogP contribution in [0.2, 0.25) is 0 Å². The van der Waals surface area contributed by atoms with E-state index >= 15 is 0 Å². The third kappa shape index (κ3) is 1.82. The molecule has 0 aliphatic heterocycles. The lowest BCUT2D eigenvalue weighted by atomic mass is 10.0. The van der Waals surface area contributed by atoms with Gasteiger partial charge in [0.05, 0.1) is 7.11 Å². The van der Waals surface area contributed by atoms with Crippen LogP contribution >= 0.6 is 0 Å². The van der Waals surface area contributed by atoms with Gasteiger partial charge in [-0.05, 0) is 18.4 Å². The van der Waals surface area contributed by atoms with Crippen LogP contribution in [0, 0.1) is 5.92 Å². The zero-order valence-corrected chi connectivity index (χ0v) is 7.09. The van der Waals surface area contributed by atoms with Crippen molar-refractivity contribution in [2.24, 2.45) is 5.92 Å². The molecule has 2 heteroatoms. The van der Waals surface area contributed by atoms with Crippen molar-refractivity contribution < 1.29 is 9.53 Å². The number of carbonyl (C=O) groups excluding carboxylic acids is 1. The number of hydrogen-bond donors (Lipinski definition) is 0. The van der Waals surface area contributed by atoms with Crippen LogP contribution in [-0.4, -0.2) is 12.9 Å². The van der Waals surface area contributed by atoms with E-state index in [9.17, 15) is 4.79 Å². The maximum atomic E-state index is 11.1. The Morgan fingerprint density at radius 2 is 2.45 bits per heavy atom. The molecule has 1 aliphatic carbocycles. The summed E-state index contributed by atoms with van der Waals surface area (Å²) in [4.78, 5) is 11.1. The number of hydrogen-bond acceptors (Lipinski definition) is 2. The van der Waals surface area contributed by atoms with Crippen LogP contribution in [0.4, 0.5) is 0 Å². The van der Waals surface area contributed by atoms with Crippen LogP contribution in [0.5, 0.6) is 0 Å². The van der Waals surface area contributed by atoms with E-state index in [1.807, 2.05) is 6.08 Å². The summed E-state index contributed by atoms with van der Waals surface area (Å²) in [7, 11) is 1.55. The number of allylic oxidation sites excluding steroid dienone is 2. The second-order valence-corrected chi connectivity index (χ2v) is 2.91. The van der Waals surface area contributed by atoms with E-state index in [2.05, 4.69) is 6.92 Å². The quantitative estimate of drug-likeness (QED) is 0.620. The second-order valence-electron chi connectivity index (χ2n) is 2.91. The molecule has 0 heterocycles. The molecule has 1 aliphatic rings. The summed E-state index contributed by atoms with van der Waals surface area (Å²) in [6.45, 7) is 2.13.